The van der Waals surface area contributed by atoms with Gasteiger partial charge in [0.25, 0.3) is 5.91 Å². The molecule has 0 aliphatic heterocycles. The van der Waals surface area contributed by atoms with Gasteiger partial charge in [-0.25, -0.2) is 8.42 Å². The molecule has 1 unspecified atom stereocenters. The second-order valence-electron chi connectivity index (χ2n) is 8.61. The van der Waals surface area contributed by atoms with Crippen molar-refractivity contribution in [3.63, 3.8) is 0 Å². The van der Waals surface area contributed by atoms with Gasteiger partial charge in [0.15, 0.2) is 0 Å². The van der Waals surface area contributed by atoms with Gasteiger partial charge in [-0.3, -0.25) is 14.6 Å². The van der Waals surface area contributed by atoms with Gasteiger partial charge in [0, 0.05) is 34.9 Å². The van der Waals surface area contributed by atoms with Crippen molar-refractivity contribution in [3.05, 3.63) is 88.3 Å². The molecule has 0 bridgehead atoms. The van der Waals surface area contributed by atoms with E-state index in [1.165, 1.54) is 13.0 Å². The normalized spacial score (nSPS) is 12.3. The molecule has 0 radical (unpaired) electrons. The van der Waals surface area contributed by atoms with Crippen LogP contribution in [0.1, 0.15) is 34.1 Å². The Morgan fingerprint density at radius 2 is 1.69 bits per heavy atom. The van der Waals surface area contributed by atoms with E-state index in [1.807, 2.05) is 6.07 Å². The van der Waals surface area contributed by atoms with Crippen LogP contribution < -0.4 is 10.6 Å². The number of pyridine rings is 1. The Balaban J connectivity index is 1.68. The molecule has 36 heavy (non-hydrogen) atoms. The average Bonchev–Trinajstić information content (AvgIpc) is 3.22. The van der Waals surface area contributed by atoms with Crippen LogP contribution >= 0.6 is 11.6 Å². The van der Waals surface area contributed by atoms with Gasteiger partial charge in [-0.15, -0.1) is 0 Å². The number of aromatic amines is 1. The first-order valence-corrected chi connectivity index (χ1v) is 13.0. The molecule has 8 nitrogen and oxygen atoms in total. The largest absolute Gasteiger partial charge is 0.350 e. The Morgan fingerprint density at radius 1 is 1.03 bits per heavy atom. The molecule has 2 aromatic carbocycles. The third-order valence-corrected chi connectivity index (χ3v) is 7.72. The zero-order valence-electron chi connectivity index (χ0n) is 19.9. The fourth-order valence-corrected chi connectivity index (χ4v) is 5.92. The van der Waals surface area contributed by atoms with Crippen molar-refractivity contribution in [1.82, 2.24) is 20.6 Å². The molecular weight excluding hydrogens is 500 g/mol. The summed E-state index contributed by atoms with van der Waals surface area (Å²) in [7, 11) is -4.12. The van der Waals surface area contributed by atoms with Gasteiger partial charge in [0.1, 0.15) is 16.6 Å². The van der Waals surface area contributed by atoms with E-state index < -0.39 is 27.7 Å². The highest BCUT2D eigenvalue weighted by molar-refractivity contribution is 7.91. The number of rotatable bonds is 7. The molecule has 0 spiro atoms. The van der Waals surface area contributed by atoms with Crippen molar-refractivity contribution in [2.24, 2.45) is 0 Å². The quantitative estimate of drug-likeness (QED) is 0.336. The summed E-state index contributed by atoms with van der Waals surface area (Å²) in [6, 6.07) is 12.3. The summed E-state index contributed by atoms with van der Waals surface area (Å²) >= 11 is 6.17. The fourth-order valence-electron chi connectivity index (χ4n) is 3.96. The number of carbonyl (C=O) groups is 2. The summed E-state index contributed by atoms with van der Waals surface area (Å²) in [4.78, 5) is 32.6. The van der Waals surface area contributed by atoms with Gasteiger partial charge in [-0.2, -0.15) is 0 Å². The Bertz CT molecular complexity index is 1550. The van der Waals surface area contributed by atoms with Crippen LogP contribution in [0.3, 0.4) is 0 Å². The Morgan fingerprint density at radius 3 is 2.36 bits per heavy atom. The van der Waals surface area contributed by atoms with Gasteiger partial charge in [0.05, 0.1) is 4.90 Å². The minimum absolute atomic E-state index is 0.0677. The first-order chi connectivity index (χ1) is 17.1. The molecule has 0 aliphatic carbocycles. The molecule has 0 saturated carbocycles. The van der Waals surface area contributed by atoms with Crippen LogP contribution in [0.4, 0.5) is 0 Å². The van der Waals surface area contributed by atoms with E-state index in [0.717, 1.165) is 16.7 Å². The third kappa shape index (κ3) is 5.27. The molecule has 186 valence electrons. The molecule has 4 rings (SSSR count). The molecule has 0 aliphatic rings. The van der Waals surface area contributed by atoms with Crippen molar-refractivity contribution in [2.75, 3.05) is 0 Å². The SMILES string of the molecule is Cc1cc(C)cc(S(=O)(=O)c2c(C(=O)NC(C)C(=O)NCc3ccncc3)[nH]c3ccc(Cl)cc23)c1. The van der Waals surface area contributed by atoms with E-state index >= 15 is 0 Å². The van der Waals surface area contributed by atoms with Crippen LogP contribution in [0, 0.1) is 13.8 Å². The lowest BCUT2D eigenvalue weighted by molar-refractivity contribution is -0.122. The first kappa shape index (κ1) is 25.4. The molecule has 1 atom stereocenters. The smallest absolute Gasteiger partial charge is 0.269 e. The zero-order valence-corrected chi connectivity index (χ0v) is 21.5. The summed E-state index contributed by atoms with van der Waals surface area (Å²) in [6.45, 7) is 5.39. The predicted octanol–water partition coefficient (Wildman–Crippen LogP) is 4.10. The number of aryl methyl sites for hydroxylation is 2. The fraction of sp³-hybridized carbons (Fsp3) is 0.192. The van der Waals surface area contributed by atoms with Crippen molar-refractivity contribution in [2.45, 2.75) is 43.1 Å². The topological polar surface area (TPSA) is 121 Å². The van der Waals surface area contributed by atoms with Crippen LogP contribution in [0.5, 0.6) is 0 Å². The maximum Gasteiger partial charge on any atom is 0.269 e. The minimum atomic E-state index is -4.12. The van der Waals surface area contributed by atoms with E-state index in [1.54, 1.807) is 62.6 Å². The molecule has 4 aromatic rings. The van der Waals surface area contributed by atoms with E-state index in [2.05, 4.69) is 20.6 Å². The van der Waals surface area contributed by atoms with Gasteiger partial charge in [-0.1, -0.05) is 17.7 Å². The minimum Gasteiger partial charge on any atom is -0.350 e. The number of amides is 2. The molecule has 2 aromatic heterocycles. The van der Waals surface area contributed by atoms with Crippen molar-refractivity contribution in [3.8, 4) is 0 Å². The molecular formula is C26H25ClN4O4S. The van der Waals surface area contributed by atoms with E-state index in [-0.39, 0.29) is 22.0 Å². The number of halogens is 1. The number of fused-ring (bicyclic) bond motifs is 1. The number of hydrogen-bond acceptors (Lipinski definition) is 5. The second kappa shape index (κ2) is 10.1. The van der Waals surface area contributed by atoms with Crippen LogP contribution in [-0.4, -0.2) is 36.2 Å². The monoisotopic (exact) mass is 524 g/mol. The number of carbonyl (C=O) groups excluding carboxylic acids is 2. The molecule has 10 heteroatoms. The van der Waals surface area contributed by atoms with Gasteiger partial charge in [0.2, 0.25) is 15.7 Å². The lowest BCUT2D eigenvalue weighted by atomic mass is 10.2. The standard InChI is InChI=1S/C26H25ClN4O4S/c1-15-10-16(2)12-20(11-15)36(34,35)24-21-13-19(27)4-5-22(21)31-23(24)26(33)30-17(3)25(32)29-14-18-6-8-28-9-7-18/h4-13,17,31H,14H2,1-3H3,(H,29,32)(H,30,33). The summed E-state index contributed by atoms with van der Waals surface area (Å²) < 4.78 is 27.6. The lowest BCUT2D eigenvalue weighted by Gasteiger charge is -2.15. The highest BCUT2D eigenvalue weighted by Gasteiger charge is 2.31. The van der Waals surface area contributed by atoms with Crippen LogP contribution in [-0.2, 0) is 21.2 Å². The summed E-state index contributed by atoms with van der Waals surface area (Å²) in [6.07, 6.45) is 3.24. The van der Waals surface area contributed by atoms with Gasteiger partial charge < -0.3 is 15.6 Å². The Kier molecular flexibility index (Phi) is 7.14. The van der Waals surface area contributed by atoms with Crippen molar-refractivity contribution < 1.29 is 18.0 Å². The lowest BCUT2D eigenvalue weighted by Crippen LogP contribution is -2.44. The van der Waals surface area contributed by atoms with Crippen LogP contribution in [0.15, 0.2) is 70.7 Å². The zero-order chi connectivity index (χ0) is 26.0. The molecule has 2 heterocycles. The molecule has 3 N–H and O–H groups in total. The van der Waals surface area contributed by atoms with E-state index in [9.17, 15) is 18.0 Å². The van der Waals surface area contributed by atoms with Gasteiger partial charge >= 0.3 is 0 Å². The maximum atomic E-state index is 13.8. The highest BCUT2D eigenvalue weighted by Crippen LogP contribution is 2.34. The number of benzene rings is 2. The molecule has 0 fully saturated rings. The Labute approximate surface area is 214 Å². The maximum absolute atomic E-state index is 13.8. The summed E-state index contributed by atoms with van der Waals surface area (Å²) in [5, 5.41) is 5.97. The predicted molar refractivity (Wildman–Crippen MR) is 138 cm³/mol. The summed E-state index contributed by atoms with van der Waals surface area (Å²) in [5.74, 6) is -1.14. The molecule has 0 saturated heterocycles. The van der Waals surface area contributed by atoms with Gasteiger partial charge in [-0.05, 0) is 79.9 Å². The summed E-state index contributed by atoms with van der Waals surface area (Å²) in [5.41, 5.74) is 2.67. The second-order valence-corrected chi connectivity index (χ2v) is 10.9. The number of aromatic nitrogens is 2. The molecule has 2 amide bonds. The van der Waals surface area contributed by atoms with Crippen molar-refractivity contribution >= 4 is 44.2 Å². The number of hydrogen-bond donors (Lipinski definition) is 3. The number of nitrogens with zero attached hydrogens (tertiary/aromatic N) is 1. The first-order valence-electron chi connectivity index (χ1n) is 11.2. The van der Waals surface area contributed by atoms with Crippen molar-refractivity contribution in [1.29, 1.82) is 0 Å². The Hall–Kier alpha value is -3.69. The van der Waals surface area contributed by atoms with E-state index in [4.69, 9.17) is 11.6 Å². The number of H-pyrrole nitrogens is 1. The number of nitrogens with one attached hydrogen (secondary N) is 3. The number of sulfone groups is 1. The van der Waals surface area contributed by atoms with Crippen LogP contribution in [0.25, 0.3) is 10.9 Å². The average molecular weight is 525 g/mol. The third-order valence-electron chi connectivity index (χ3n) is 5.67. The van der Waals surface area contributed by atoms with E-state index in [0.29, 0.717) is 15.9 Å². The highest BCUT2D eigenvalue weighted by atomic mass is 35.5. The van der Waals surface area contributed by atoms with Crippen LogP contribution in [0.2, 0.25) is 5.02 Å².